The van der Waals surface area contributed by atoms with Gasteiger partial charge in [-0.25, -0.2) is 14.3 Å². The molecule has 0 unspecified atom stereocenters. The Labute approximate surface area is 155 Å². The summed E-state index contributed by atoms with van der Waals surface area (Å²) in [5.41, 5.74) is -0.774. The molecule has 0 atom stereocenters. The zero-order chi connectivity index (χ0) is 19.6. The fraction of sp³-hybridized carbons (Fsp3) is 0.824. The third-order valence-electron chi connectivity index (χ3n) is 5.54. The summed E-state index contributed by atoms with van der Waals surface area (Å²) in [4.78, 5) is 26.3. The van der Waals surface area contributed by atoms with Crippen LogP contribution in [0.15, 0.2) is 4.79 Å². The van der Waals surface area contributed by atoms with Gasteiger partial charge in [0.2, 0.25) is 5.82 Å². The second kappa shape index (κ2) is 7.93. The standard InChI is InChI=1S/C17H26F3N5O2/c1-23-14(17(18,19)20)22-25(16(23)27)13-8-10-24(11-9-13)15(26)21-12-6-4-2-3-5-7-12/h12-13H,2-11H2,1H3,(H,21,26). The topological polar surface area (TPSA) is 72.2 Å². The third kappa shape index (κ3) is 4.47. The Bertz CT molecular complexity index is 711. The molecule has 1 aromatic rings. The van der Waals surface area contributed by atoms with E-state index in [-0.39, 0.29) is 12.1 Å². The highest BCUT2D eigenvalue weighted by atomic mass is 19.4. The molecule has 1 saturated heterocycles. The highest BCUT2D eigenvalue weighted by Crippen LogP contribution is 2.28. The zero-order valence-electron chi connectivity index (χ0n) is 15.5. The van der Waals surface area contributed by atoms with Crippen molar-refractivity contribution in [2.45, 2.75) is 69.6 Å². The number of likely N-dealkylation sites (tertiary alicyclic amines) is 1. The molecule has 2 amide bonds. The smallest absolute Gasteiger partial charge is 0.335 e. The van der Waals surface area contributed by atoms with Gasteiger partial charge < -0.3 is 10.2 Å². The number of carbonyl (C=O) groups excluding carboxylic acids is 1. The number of nitrogens with zero attached hydrogens (tertiary/aromatic N) is 4. The van der Waals surface area contributed by atoms with Gasteiger partial charge in [-0.1, -0.05) is 25.7 Å². The molecule has 152 valence electrons. The monoisotopic (exact) mass is 389 g/mol. The number of nitrogens with one attached hydrogen (secondary N) is 1. The van der Waals surface area contributed by atoms with Crippen molar-refractivity contribution in [2.75, 3.05) is 13.1 Å². The number of urea groups is 1. The third-order valence-corrected chi connectivity index (χ3v) is 5.54. The zero-order valence-corrected chi connectivity index (χ0v) is 15.5. The Morgan fingerprint density at radius 1 is 1.07 bits per heavy atom. The first-order chi connectivity index (χ1) is 12.8. The average molecular weight is 389 g/mol. The number of aromatic nitrogens is 3. The summed E-state index contributed by atoms with van der Waals surface area (Å²) in [6.07, 6.45) is 2.79. The Morgan fingerprint density at radius 3 is 2.19 bits per heavy atom. The van der Waals surface area contributed by atoms with Gasteiger partial charge in [-0.2, -0.15) is 13.2 Å². The first-order valence-corrected chi connectivity index (χ1v) is 9.55. The molecule has 27 heavy (non-hydrogen) atoms. The first kappa shape index (κ1) is 19.8. The van der Waals surface area contributed by atoms with Gasteiger partial charge in [-0.05, 0) is 25.7 Å². The minimum absolute atomic E-state index is 0.121. The van der Waals surface area contributed by atoms with E-state index in [1.54, 1.807) is 4.90 Å². The van der Waals surface area contributed by atoms with Crippen LogP contribution in [0.1, 0.15) is 63.2 Å². The van der Waals surface area contributed by atoms with Crippen molar-refractivity contribution >= 4 is 6.03 Å². The van der Waals surface area contributed by atoms with Crippen LogP contribution in [0.3, 0.4) is 0 Å². The molecule has 7 nitrogen and oxygen atoms in total. The number of carbonyl (C=O) groups is 1. The second-order valence-electron chi connectivity index (χ2n) is 7.46. The number of halogens is 3. The van der Waals surface area contributed by atoms with Crippen LogP contribution in [0, 0.1) is 0 Å². The Balaban J connectivity index is 1.59. The van der Waals surface area contributed by atoms with Gasteiger partial charge in [0.25, 0.3) is 0 Å². The van der Waals surface area contributed by atoms with Crippen molar-refractivity contribution in [1.29, 1.82) is 0 Å². The molecular weight excluding hydrogens is 363 g/mol. The summed E-state index contributed by atoms with van der Waals surface area (Å²) < 4.78 is 40.2. The van der Waals surface area contributed by atoms with Crippen LogP contribution in [0.2, 0.25) is 0 Å². The maximum absolute atomic E-state index is 12.9. The van der Waals surface area contributed by atoms with E-state index in [0.717, 1.165) is 37.4 Å². The van der Waals surface area contributed by atoms with E-state index >= 15 is 0 Å². The second-order valence-corrected chi connectivity index (χ2v) is 7.46. The van der Waals surface area contributed by atoms with Crippen LogP contribution in [0.5, 0.6) is 0 Å². The normalized spacial score (nSPS) is 20.5. The van der Waals surface area contributed by atoms with Gasteiger partial charge in [0, 0.05) is 26.2 Å². The van der Waals surface area contributed by atoms with Gasteiger partial charge in [0.05, 0.1) is 6.04 Å². The Morgan fingerprint density at radius 2 is 1.67 bits per heavy atom. The molecule has 1 aromatic heterocycles. The molecule has 0 spiro atoms. The van der Waals surface area contributed by atoms with Crippen molar-refractivity contribution in [3.05, 3.63) is 16.3 Å². The summed E-state index contributed by atoms with van der Waals surface area (Å²) in [5.74, 6) is -1.19. The minimum Gasteiger partial charge on any atom is -0.335 e. The number of alkyl halides is 3. The highest BCUT2D eigenvalue weighted by molar-refractivity contribution is 5.74. The molecular formula is C17H26F3N5O2. The Kier molecular flexibility index (Phi) is 5.81. The van der Waals surface area contributed by atoms with Crippen molar-refractivity contribution in [3.8, 4) is 0 Å². The number of rotatable bonds is 2. The largest absolute Gasteiger partial charge is 0.451 e. The molecule has 2 aliphatic rings. The Hall–Kier alpha value is -2.00. The molecule has 10 heteroatoms. The van der Waals surface area contributed by atoms with Crippen molar-refractivity contribution in [1.82, 2.24) is 24.6 Å². The highest BCUT2D eigenvalue weighted by Gasteiger charge is 2.39. The van der Waals surface area contributed by atoms with E-state index in [1.807, 2.05) is 0 Å². The maximum Gasteiger partial charge on any atom is 0.451 e. The predicted molar refractivity (Wildman–Crippen MR) is 92.3 cm³/mol. The molecule has 0 bridgehead atoms. The van der Waals surface area contributed by atoms with Crippen LogP contribution in [-0.4, -0.2) is 44.4 Å². The lowest BCUT2D eigenvalue weighted by Gasteiger charge is -2.32. The number of amides is 2. The summed E-state index contributed by atoms with van der Waals surface area (Å²) in [6.45, 7) is 0.793. The summed E-state index contributed by atoms with van der Waals surface area (Å²) in [7, 11) is 1.07. The number of piperidine rings is 1. The predicted octanol–water partition coefficient (Wildman–Crippen LogP) is 2.67. The molecule has 0 aromatic carbocycles. The van der Waals surface area contributed by atoms with Gasteiger partial charge in [-0.15, -0.1) is 5.10 Å². The van der Waals surface area contributed by atoms with E-state index in [4.69, 9.17) is 0 Å². The molecule has 2 heterocycles. The van der Waals surface area contributed by atoms with Crippen LogP contribution in [-0.2, 0) is 13.2 Å². The van der Waals surface area contributed by atoms with Gasteiger partial charge in [0.15, 0.2) is 0 Å². The van der Waals surface area contributed by atoms with Crippen LogP contribution >= 0.6 is 0 Å². The summed E-state index contributed by atoms with van der Waals surface area (Å²) in [6, 6.07) is -0.350. The van der Waals surface area contributed by atoms with Crippen molar-refractivity contribution in [2.24, 2.45) is 7.05 Å². The van der Waals surface area contributed by atoms with E-state index in [1.165, 1.54) is 12.8 Å². The number of hydrogen-bond donors (Lipinski definition) is 1. The SMILES string of the molecule is Cn1c(C(F)(F)F)nn(C2CCN(C(=O)NC3CCCCCC3)CC2)c1=O. The van der Waals surface area contributed by atoms with E-state index in [2.05, 4.69) is 10.4 Å². The fourth-order valence-electron chi connectivity index (χ4n) is 3.94. The lowest BCUT2D eigenvalue weighted by atomic mass is 10.1. The molecule has 0 radical (unpaired) electrons. The molecule has 1 N–H and O–H groups in total. The maximum atomic E-state index is 12.9. The molecule has 1 aliphatic carbocycles. The van der Waals surface area contributed by atoms with E-state index < -0.39 is 23.7 Å². The molecule has 1 aliphatic heterocycles. The fourth-order valence-corrected chi connectivity index (χ4v) is 3.94. The van der Waals surface area contributed by atoms with Crippen molar-refractivity contribution in [3.63, 3.8) is 0 Å². The van der Waals surface area contributed by atoms with Crippen LogP contribution in [0.25, 0.3) is 0 Å². The van der Waals surface area contributed by atoms with Gasteiger partial charge in [0.1, 0.15) is 0 Å². The van der Waals surface area contributed by atoms with E-state index in [0.29, 0.717) is 30.5 Å². The first-order valence-electron chi connectivity index (χ1n) is 9.55. The van der Waals surface area contributed by atoms with Gasteiger partial charge in [-0.3, -0.25) is 4.57 Å². The summed E-state index contributed by atoms with van der Waals surface area (Å²) >= 11 is 0. The van der Waals surface area contributed by atoms with Crippen LogP contribution in [0.4, 0.5) is 18.0 Å². The minimum atomic E-state index is -4.67. The molecule has 2 fully saturated rings. The average Bonchev–Trinajstić information content (AvgIpc) is 2.79. The lowest BCUT2D eigenvalue weighted by molar-refractivity contribution is -0.147. The molecule has 1 saturated carbocycles. The lowest BCUT2D eigenvalue weighted by Crippen LogP contribution is -2.48. The summed E-state index contributed by atoms with van der Waals surface area (Å²) in [5, 5.41) is 6.58. The quantitative estimate of drug-likeness (QED) is 0.791. The molecule has 3 rings (SSSR count). The number of hydrogen-bond acceptors (Lipinski definition) is 3. The van der Waals surface area contributed by atoms with Crippen LogP contribution < -0.4 is 11.0 Å². The van der Waals surface area contributed by atoms with E-state index in [9.17, 15) is 22.8 Å². The van der Waals surface area contributed by atoms with Gasteiger partial charge >= 0.3 is 17.9 Å². The van der Waals surface area contributed by atoms with Crippen molar-refractivity contribution < 1.29 is 18.0 Å².